The summed E-state index contributed by atoms with van der Waals surface area (Å²) in [6.07, 6.45) is 9.62. The van der Waals surface area contributed by atoms with Crippen LogP contribution in [0.5, 0.6) is 0 Å². The molecule has 2 aliphatic heterocycles. The number of rotatable bonds is 8. The minimum Gasteiger partial charge on any atom is -0.361 e. The predicted octanol–water partition coefficient (Wildman–Crippen LogP) is 14.1. The van der Waals surface area contributed by atoms with Gasteiger partial charge < -0.3 is 21.0 Å². The van der Waals surface area contributed by atoms with Gasteiger partial charge in [-0.2, -0.15) is 0 Å². The van der Waals surface area contributed by atoms with Crippen molar-refractivity contribution in [3.63, 3.8) is 0 Å². The van der Waals surface area contributed by atoms with E-state index in [1.165, 1.54) is 11.1 Å². The molecule has 15 heteroatoms. The molecule has 364 valence electrons. The van der Waals surface area contributed by atoms with Crippen molar-refractivity contribution in [3.05, 3.63) is 169 Å². The second-order valence-electron chi connectivity index (χ2n) is 20.3. The minimum atomic E-state index is 0.196. The number of hydrogen-bond donors (Lipinski definition) is 4. The fraction of sp³-hybridized carbons (Fsp3) is 0.321. The van der Waals surface area contributed by atoms with Gasteiger partial charge in [-0.05, 0) is 71.4 Å². The number of aromatic nitrogens is 6. The summed E-state index contributed by atoms with van der Waals surface area (Å²) in [5.74, 6) is 0.652. The summed E-state index contributed by atoms with van der Waals surface area (Å²) in [7, 11) is 0. The molecule has 71 heavy (non-hydrogen) atoms. The number of nitrogens with one attached hydrogen (secondary N) is 3. The first-order chi connectivity index (χ1) is 34.0. The number of H-pyrrole nitrogens is 2. The number of likely N-dealkylation sites (tertiary alicyclic amines) is 2. The van der Waals surface area contributed by atoms with E-state index in [0.717, 1.165) is 117 Å². The van der Waals surface area contributed by atoms with Crippen LogP contribution in [-0.2, 0) is 13.1 Å². The van der Waals surface area contributed by atoms with Crippen LogP contribution < -0.4 is 11.1 Å². The molecule has 10 rings (SSSR count). The van der Waals surface area contributed by atoms with E-state index in [0.29, 0.717) is 28.8 Å². The largest absolute Gasteiger partial charge is 0.361 e. The molecular weight excluding hydrogens is 1040 g/mol. The van der Waals surface area contributed by atoms with E-state index >= 15 is 0 Å². The third-order valence-electron chi connectivity index (χ3n) is 12.9. The fourth-order valence-electron chi connectivity index (χ4n) is 10.2. The number of nitrogens with two attached hydrogens (primary N) is 1. The molecule has 0 unspecified atom stereocenters. The fourth-order valence-corrected chi connectivity index (χ4v) is 11.4. The number of anilines is 1. The number of aryl methyl sites for hydroxylation is 2. The number of aromatic amines is 2. The predicted molar refractivity (Wildman–Crippen MR) is 297 cm³/mol. The van der Waals surface area contributed by atoms with E-state index in [9.17, 15) is 0 Å². The van der Waals surface area contributed by atoms with Gasteiger partial charge in [0, 0.05) is 118 Å². The molecule has 0 bridgehead atoms. The average molecular weight is 1100 g/mol. The molecule has 0 aliphatic carbocycles. The van der Waals surface area contributed by atoms with E-state index in [4.69, 9.17) is 35.5 Å². The molecule has 2 fully saturated rings. The van der Waals surface area contributed by atoms with Gasteiger partial charge in [-0.25, -0.2) is 29.6 Å². The van der Waals surface area contributed by atoms with Crippen molar-refractivity contribution in [3.8, 4) is 22.5 Å². The highest BCUT2D eigenvalue weighted by molar-refractivity contribution is 9.11. The van der Waals surface area contributed by atoms with Gasteiger partial charge in [-0.3, -0.25) is 9.80 Å². The molecule has 2 aliphatic rings. The van der Waals surface area contributed by atoms with Gasteiger partial charge in [0.05, 0.1) is 24.5 Å². The lowest BCUT2D eigenvalue weighted by Crippen LogP contribution is -2.49. The molecule has 4 aromatic carbocycles. The number of hydrogen-bond acceptors (Lipinski definition) is 8. The molecule has 2 saturated heterocycles. The quantitative estimate of drug-likeness (QED) is 0.0872. The van der Waals surface area contributed by atoms with Gasteiger partial charge in [0.25, 0.3) is 0 Å². The first-order valence-electron chi connectivity index (χ1n) is 23.7. The van der Waals surface area contributed by atoms with E-state index in [2.05, 4.69) is 170 Å². The van der Waals surface area contributed by atoms with Crippen molar-refractivity contribution >= 4 is 82.6 Å². The average Bonchev–Trinajstić information content (AvgIpc) is 3.97. The summed E-state index contributed by atoms with van der Waals surface area (Å²) in [5, 5.41) is 5.88. The highest BCUT2D eigenvalue weighted by Gasteiger charge is 2.34. The Kier molecular flexibility index (Phi) is 16.1. The van der Waals surface area contributed by atoms with Gasteiger partial charge in [-0.1, -0.05) is 144 Å². The molecule has 4 aromatic heterocycles. The van der Waals surface area contributed by atoms with Crippen molar-refractivity contribution in [2.45, 2.75) is 79.6 Å². The number of piperidine rings is 2. The van der Waals surface area contributed by atoms with Crippen LogP contribution in [0, 0.1) is 37.8 Å². The Morgan fingerprint density at radius 1 is 0.690 bits per heavy atom. The molecular formula is C56H59Br2ClN12. The topological polar surface area (TPSA) is 136 Å². The van der Waals surface area contributed by atoms with Crippen molar-refractivity contribution < 1.29 is 0 Å². The summed E-state index contributed by atoms with van der Waals surface area (Å²) in [6.45, 7) is 33.9. The monoisotopic (exact) mass is 1090 g/mol. The second-order valence-corrected chi connectivity index (χ2v) is 22.2. The zero-order chi connectivity index (χ0) is 50.5. The number of nitrogens with zero attached hydrogens (tertiary/aromatic N) is 8. The van der Waals surface area contributed by atoms with Crippen LogP contribution in [0.25, 0.3) is 54.0 Å². The minimum absolute atomic E-state index is 0.196. The highest BCUT2D eigenvalue weighted by atomic mass is 79.9. The molecule has 12 nitrogen and oxygen atoms in total. The van der Waals surface area contributed by atoms with Crippen molar-refractivity contribution in [1.82, 2.24) is 39.7 Å². The maximum Gasteiger partial charge on any atom is 0.223 e. The van der Waals surface area contributed by atoms with Crippen molar-refractivity contribution in [1.29, 1.82) is 0 Å². The van der Waals surface area contributed by atoms with E-state index in [1.807, 2.05) is 50.6 Å². The first-order valence-corrected chi connectivity index (χ1v) is 25.7. The maximum atomic E-state index is 7.37. The van der Waals surface area contributed by atoms with Gasteiger partial charge in [0.15, 0.2) is 0 Å². The Morgan fingerprint density at radius 2 is 1.17 bits per heavy atom. The van der Waals surface area contributed by atoms with E-state index < -0.39 is 0 Å². The lowest BCUT2D eigenvalue weighted by Gasteiger charge is -2.42. The number of fused-ring (bicyclic) bond motifs is 2. The third kappa shape index (κ3) is 12.6. The summed E-state index contributed by atoms with van der Waals surface area (Å²) in [6, 6.07) is 29.4. The smallest absolute Gasteiger partial charge is 0.223 e. The zero-order valence-corrected chi connectivity index (χ0v) is 44.9. The molecule has 2 atom stereocenters. The summed E-state index contributed by atoms with van der Waals surface area (Å²) in [4.78, 5) is 36.4. The highest BCUT2D eigenvalue weighted by Crippen LogP contribution is 2.40. The van der Waals surface area contributed by atoms with Gasteiger partial charge in [0.2, 0.25) is 22.6 Å². The molecule has 8 aromatic rings. The number of benzene rings is 4. The SMILES string of the molecule is CC1(C)C[C@H](N)CN(Cc2ccccc2)C1.[C-]#[N+]c1ccc2c(-c3nc(Cl)ncc3C)c[nH]c2c1Br.[C-]#[N+]c1ccc2c(-c3nc(N[C@@H]4CN(Cc5ccccc5)CC(C)(C)C4)ncc3C)c[nH]c2c1Br. The normalized spacial score (nSPS) is 17.6. The maximum absolute atomic E-state index is 7.37. The third-order valence-corrected chi connectivity index (χ3v) is 14.7. The molecule has 0 spiro atoms. The second kappa shape index (κ2) is 22.2. The van der Waals surface area contributed by atoms with Crippen LogP contribution in [0.3, 0.4) is 0 Å². The van der Waals surface area contributed by atoms with Crippen molar-refractivity contribution in [2.24, 2.45) is 16.6 Å². The summed E-state index contributed by atoms with van der Waals surface area (Å²) >= 11 is 12.9. The lowest BCUT2D eigenvalue weighted by atomic mass is 9.81. The molecule has 5 N–H and O–H groups in total. The Balaban J connectivity index is 0.000000158. The standard InChI is InChI=1S/C28H29BrN6.C14H8BrClN4.C14H22N2/c1-18-13-32-27(34-25(18)22-14-31-26-21(22)10-11-23(30-4)24(26)29)33-20-12-28(2,3)17-35(16-20)15-19-8-6-5-7-9-19;1-7-5-19-14(16)20-12(7)9-6-18-13-8(9)3-4-10(17-2)11(13)15;1-14(2)8-13(15)10-16(11-14)9-12-6-4-3-5-7-12/h5-11,13-14,20,31H,12,15-17H2,1-3H3,(H,32,33,34);3-6,18H,1H3;3-7,13H,8-11,15H2,1-2H3/t20-;;13-/m0.0/s1. The van der Waals surface area contributed by atoms with E-state index in [-0.39, 0.29) is 16.7 Å². The number of halogens is 3. The van der Waals surface area contributed by atoms with Crippen LogP contribution in [-0.4, -0.2) is 78.0 Å². The molecule has 0 saturated carbocycles. The lowest BCUT2D eigenvalue weighted by molar-refractivity contribution is 0.0960. The van der Waals surface area contributed by atoms with Gasteiger partial charge in [0.1, 0.15) is 0 Å². The van der Waals surface area contributed by atoms with Crippen LogP contribution in [0.15, 0.2) is 119 Å². The van der Waals surface area contributed by atoms with Crippen molar-refractivity contribution in [2.75, 3.05) is 31.5 Å². The van der Waals surface area contributed by atoms with E-state index in [1.54, 1.807) is 12.3 Å². The summed E-state index contributed by atoms with van der Waals surface area (Å²) in [5.41, 5.74) is 17.9. The molecule has 0 amide bonds. The zero-order valence-electron chi connectivity index (χ0n) is 41.0. The molecule has 0 radical (unpaired) electrons. The Morgan fingerprint density at radius 3 is 1.68 bits per heavy atom. The Bertz CT molecular complexity index is 3230. The first kappa shape index (κ1) is 51.4. The van der Waals surface area contributed by atoms with Crippen LogP contribution in [0.1, 0.15) is 62.8 Å². The Labute approximate surface area is 438 Å². The van der Waals surface area contributed by atoms with Gasteiger partial charge >= 0.3 is 0 Å². The van der Waals surface area contributed by atoms with Gasteiger partial charge in [-0.15, -0.1) is 0 Å². The van der Waals surface area contributed by atoms with Crippen LogP contribution >= 0.6 is 43.5 Å². The Hall–Kier alpha value is -5.97. The summed E-state index contributed by atoms with van der Waals surface area (Å²) < 4.78 is 1.54. The van der Waals surface area contributed by atoms with Crippen LogP contribution in [0.4, 0.5) is 17.3 Å². The van der Waals surface area contributed by atoms with Crippen LogP contribution in [0.2, 0.25) is 5.28 Å². The molecule has 6 heterocycles.